The summed E-state index contributed by atoms with van der Waals surface area (Å²) in [6, 6.07) is 8.66. The number of nitrogens with zero attached hydrogens (tertiary/aromatic N) is 1. The molecule has 1 aliphatic rings. The maximum atomic E-state index is 11.4. The van der Waals surface area contributed by atoms with Crippen LogP contribution >= 0.6 is 0 Å². The van der Waals surface area contributed by atoms with Gasteiger partial charge in [-0.25, -0.2) is 0 Å². The molecule has 1 saturated heterocycles. The van der Waals surface area contributed by atoms with E-state index in [1.165, 1.54) is 0 Å². The second kappa shape index (κ2) is 5.29. The fourth-order valence-electron chi connectivity index (χ4n) is 2.29. The van der Waals surface area contributed by atoms with Gasteiger partial charge in [-0.05, 0) is 18.4 Å². The van der Waals surface area contributed by atoms with Gasteiger partial charge in [0.1, 0.15) is 6.04 Å². The minimum Gasteiger partial charge on any atom is -0.480 e. The standard InChI is InChI=1S/C13H17NO3/c15-11-6-8-14(9-7-11)12(13(16)17)10-4-2-1-3-5-10/h1-5,11-12,15H,6-9H2,(H,16,17)/t12-/m0/s1. The zero-order chi connectivity index (χ0) is 12.3. The number of aliphatic hydroxyl groups excluding tert-OH is 1. The second-order valence-corrected chi connectivity index (χ2v) is 4.42. The molecule has 2 N–H and O–H groups in total. The Morgan fingerprint density at radius 3 is 2.35 bits per heavy atom. The van der Waals surface area contributed by atoms with Gasteiger partial charge in [0.15, 0.2) is 0 Å². The Morgan fingerprint density at radius 1 is 1.24 bits per heavy atom. The molecule has 0 aromatic heterocycles. The number of carboxylic acids is 1. The Bertz CT molecular complexity index is 372. The summed E-state index contributed by atoms with van der Waals surface area (Å²) in [5, 5.41) is 18.8. The Hall–Kier alpha value is -1.39. The van der Waals surface area contributed by atoms with E-state index in [9.17, 15) is 15.0 Å². The van der Waals surface area contributed by atoms with E-state index in [1.807, 2.05) is 35.2 Å². The first-order chi connectivity index (χ1) is 8.18. The summed E-state index contributed by atoms with van der Waals surface area (Å²) < 4.78 is 0. The number of piperidine rings is 1. The van der Waals surface area contributed by atoms with Gasteiger partial charge in [0.05, 0.1) is 6.10 Å². The number of carboxylic acid groups (broad SMARTS) is 1. The van der Waals surface area contributed by atoms with Crippen LogP contribution in [0, 0.1) is 0 Å². The van der Waals surface area contributed by atoms with Crippen molar-refractivity contribution in [3.8, 4) is 0 Å². The van der Waals surface area contributed by atoms with Crippen LogP contribution in [0.25, 0.3) is 0 Å². The van der Waals surface area contributed by atoms with Crippen LogP contribution in [0.3, 0.4) is 0 Å². The molecule has 0 aliphatic carbocycles. The molecule has 0 amide bonds. The van der Waals surface area contributed by atoms with Crippen molar-refractivity contribution < 1.29 is 15.0 Å². The summed E-state index contributed by atoms with van der Waals surface area (Å²) in [5.74, 6) is -0.826. The van der Waals surface area contributed by atoms with E-state index >= 15 is 0 Å². The van der Waals surface area contributed by atoms with Crippen LogP contribution < -0.4 is 0 Å². The van der Waals surface area contributed by atoms with Gasteiger partial charge >= 0.3 is 5.97 Å². The molecular weight excluding hydrogens is 218 g/mol. The van der Waals surface area contributed by atoms with Gasteiger partial charge in [0.2, 0.25) is 0 Å². The van der Waals surface area contributed by atoms with Crippen molar-refractivity contribution in [3.05, 3.63) is 35.9 Å². The maximum Gasteiger partial charge on any atom is 0.325 e. The molecule has 0 spiro atoms. The lowest BCUT2D eigenvalue weighted by Gasteiger charge is -2.34. The Kier molecular flexibility index (Phi) is 3.76. The molecule has 1 aliphatic heterocycles. The predicted molar refractivity (Wildman–Crippen MR) is 63.6 cm³/mol. The van der Waals surface area contributed by atoms with E-state index in [4.69, 9.17) is 0 Å². The highest BCUT2D eigenvalue weighted by Crippen LogP contribution is 2.24. The minimum atomic E-state index is -0.826. The van der Waals surface area contributed by atoms with Crippen molar-refractivity contribution in [2.75, 3.05) is 13.1 Å². The maximum absolute atomic E-state index is 11.4. The number of aliphatic hydroxyl groups is 1. The molecule has 1 atom stereocenters. The van der Waals surface area contributed by atoms with E-state index < -0.39 is 12.0 Å². The van der Waals surface area contributed by atoms with E-state index in [0.29, 0.717) is 25.9 Å². The molecule has 0 unspecified atom stereocenters. The Labute approximate surface area is 100 Å². The van der Waals surface area contributed by atoms with E-state index in [1.54, 1.807) is 0 Å². The normalized spacial score (nSPS) is 20.1. The van der Waals surface area contributed by atoms with E-state index in [2.05, 4.69) is 0 Å². The fourth-order valence-corrected chi connectivity index (χ4v) is 2.29. The smallest absolute Gasteiger partial charge is 0.325 e. The van der Waals surface area contributed by atoms with Crippen LogP contribution in [0.15, 0.2) is 30.3 Å². The first kappa shape index (κ1) is 12.1. The van der Waals surface area contributed by atoms with E-state index in [0.717, 1.165) is 5.56 Å². The topological polar surface area (TPSA) is 60.8 Å². The highest BCUT2D eigenvalue weighted by atomic mass is 16.4. The van der Waals surface area contributed by atoms with Gasteiger partial charge in [-0.1, -0.05) is 30.3 Å². The molecule has 4 nitrogen and oxygen atoms in total. The molecule has 1 aromatic carbocycles. The predicted octanol–water partition coefficient (Wildman–Crippen LogP) is 1.27. The number of aliphatic carboxylic acids is 1. The third-order valence-corrected chi connectivity index (χ3v) is 3.21. The summed E-state index contributed by atoms with van der Waals surface area (Å²) >= 11 is 0. The van der Waals surface area contributed by atoms with Crippen LogP contribution in [-0.4, -0.2) is 40.3 Å². The zero-order valence-electron chi connectivity index (χ0n) is 9.62. The van der Waals surface area contributed by atoms with Gasteiger partial charge in [0, 0.05) is 13.1 Å². The number of benzene rings is 1. The number of hydrogen-bond acceptors (Lipinski definition) is 3. The number of carbonyl (C=O) groups is 1. The summed E-state index contributed by atoms with van der Waals surface area (Å²) in [4.78, 5) is 13.3. The second-order valence-electron chi connectivity index (χ2n) is 4.42. The third-order valence-electron chi connectivity index (χ3n) is 3.21. The van der Waals surface area contributed by atoms with Crippen LogP contribution in [0.2, 0.25) is 0 Å². The summed E-state index contributed by atoms with van der Waals surface area (Å²) in [6.45, 7) is 1.26. The van der Waals surface area contributed by atoms with Crippen molar-refractivity contribution >= 4 is 5.97 Å². The average Bonchev–Trinajstić information content (AvgIpc) is 2.33. The van der Waals surface area contributed by atoms with Gasteiger partial charge in [-0.15, -0.1) is 0 Å². The largest absolute Gasteiger partial charge is 0.480 e. The SMILES string of the molecule is O=C(O)[C@H](c1ccccc1)N1CCC(O)CC1. The molecule has 1 heterocycles. The summed E-state index contributed by atoms with van der Waals surface area (Å²) in [7, 11) is 0. The van der Waals surface area contributed by atoms with Gasteiger partial charge < -0.3 is 10.2 Å². The van der Waals surface area contributed by atoms with Crippen molar-refractivity contribution in [3.63, 3.8) is 0 Å². The molecule has 2 rings (SSSR count). The molecule has 4 heteroatoms. The zero-order valence-corrected chi connectivity index (χ0v) is 9.62. The number of rotatable bonds is 3. The lowest BCUT2D eigenvalue weighted by atomic mass is 10.0. The highest BCUT2D eigenvalue weighted by Gasteiger charge is 2.30. The van der Waals surface area contributed by atoms with Crippen molar-refractivity contribution in [2.45, 2.75) is 25.0 Å². The lowest BCUT2D eigenvalue weighted by molar-refractivity contribution is -0.144. The Morgan fingerprint density at radius 2 is 1.82 bits per heavy atom. The quantitative estimate of drug-likeness (QED) is 0.828. The molecule has 0 saturated carbocycles. The molecular formula is C13H17NO3. The number of likely N-dealkylation sites (tertiary alicyclic amines) is 1. The summed E-state index contributed by atoms with van der Waals surface area (Å²) in [6.07, 6.45) is 1.02. The molecule has 0 bridgehead atoms. The fraction of sp³-hybridized carbons (Fsp3) is 0.462. The lowest BCUT2D eigenvalue weighted by Crippen LogP contribution is -2.41. The Balaban J connectivity index is 2.16. The summed E-state index contributed by atoms with van der Waals surface area (Å²) in [5.41, 5.74) is 0.802. The first-order valence-electron chi connectivity index (χ1n) is 5.88. The highest BCUT2D eigenvalue weighted by molar-refractivity contribution is 5.75. The molecule has 0 radical (unpaired) electrons. The monoisotopic (exact) mass is 235 g/mol. The van der Waals surface area contributed by atoms with Crippen molar-refractivity contribution in [1.29, 1.82) is 0 Å². The first-order valence-corrected chi connectivity index (χ1v) is 5.88. The van der Waals surface area contributed by atoms with Crippen LogP contribution in [-0.2, 0) is 4.79 Å². The van der Waals surface area contributed by atoms with Crippen LogP contribution in [0.4, 0.5) is 0 Å². The minimum absolute atomic E-state index is 0.281. The van der Waals surface area contributed by atoms with Gasteiger partial charge in [0.25, 0.3) is 0 Å². The third kappa shape index (κ3) is 2.84. The number of hydrogen-bond donors (Lipinski definition) is 2. The van der Waals surface area contributed by atoms with Crippen LogP contribution in [0.1, 0.15) is 24.4 Å². The molecule has 17 heavy (non-hydrogen) atoms. The van der Waals surface area contributed by atoms with Crippen LogP contribution in [0.5, 0.6) is 0 Å². The van der Waals surface area contributed by atoms with Gasteiger partial charge in [-0.3, -0.25) is 9.69 Å². The van der Waals surface area contributed by atoms with Crippen molar-refractivity contribution in [2.24, 2.45) is 0 Å². The molecule has 1 fully saturated rings. The van der Waals surface area contributed by atoms with Gasteiger partial charge in [-0.2, -0.15) is 0 Å². The van der Waals surface area contributed by atoms with E-state index in [-0.39, 0.29) is 6.10 Å². The van der Waals surface area contributed by atoms with Crippen molar-refractivity contribution in [1.82, 2.24) is 4.90 Å². The molecule has 92 valence electrons. The molecule has 1 aromatic rings. The average molecular weight is 235 g/mol.